The summed E-state index contributed by atoms with van der Waals surface area (Å²) in [5.41, 5.74) is 1.69. The predicted molar refractivity (Wildman–Crippen MR) is 82.5 cm³/mol. The van der Waals surface area contributed by atoms with E-state index < -0.39 is 17.7 Å². The van der Waals surface area contributed by atoms with Crippen molar-refractivity contribution >= 4 is 12.1 Å². The first-order valence-electron chi connectivity index (χ1n) is 7.46. The highest BCUT2D eigenvalue weighted by Crippen LogP contribution is 2.36. The van der Waals surface area contributed by atoms with Crippen LogP contribution in [0.25, 0.3) is 0 Å². The second-order valence-electron chi connectivity index (χ2n) is 6.44. The molecule has 0 radical (unpaired) electrons. The van der Waals surface area contributed by atoms with Gasteiger partial charge in [-0.25, -0.2) is 4.79 Å². The van der Waals surface area contributed by atoms with Crippen molar-refractivity contribution in [1.29, 1.82) is 0 Å². The van der Waals surface area contributed by atoms with E-state index >= 15 is 0 Å². The number of methoxy groups -OCH3 is 1. The van der Waals surface area contributed by atoms with Crippen LogP contribution in [0.3, 0.4) is 0 Å². The van der Waals surface area contributed by atoms with Crippen molar-refractivity contribution in [1.82, 2.24) is 4.90 Å². The summed E-state index contributed by atoms with van der Waals surface area (Å²) in [5, 5.41) is 0. The zero-order valence-corrected chi connectivity index (χ0v) is 13.6. The average Bonchev–Trinajstić information content (AvgIpc) is 2.86. The summed E-state index contributed by atoms with van der Waals surface area (Å²) in [5.74, 6) is -0.449. The lowest BCUT2D eigenvalue weighted by atomic mass is 10.1. The van der Waals surface area contributed by atoms with Crippen molar-refractivity contribution in [2.24, 2.45) is 0 Å². The second-order valence-corrected chi connectivity index (χ2v) is 6.44. The summed E-state index contributed by atoms with van der Waals surface area (Å²) < 4.78 is 10.2. The molecule has 0 heterocycles. The summed E-state index contributed by atoms with van der Waals surface area (Å²) in [6, 6.07) is 7.84. The van der Waals surface area contributed by atoms with E-state index in [1.807, 2.05) is 39.0 Å². The molecule has 0 aromatic heterocycles. The molecular weight excluding hydrogens is 282 g/mol. The van der Waals surface area contributed by atoms with Crippen molar-refractivity contribution in [2.75, 3.05) is 13.7 Å². The summed E-state index contributed by atoms with van der Waals surface area (Å²) in [6.45, 7) is 5.32. The number of ether oxygens (including phenoxy) is 2. The Bertz CT molecular complexity index is 562. The van der Waals surface area contributed by atoms with Crippen molar-refractivity contribution in [3.8, 4) is 0 Å². The Balaban J connectivity index is 2.25. The fraction of sp³-hybridized carbons (Fsp3) is 0.529. The lowest BCUT2D eigenvalue weighted by Crippen LogP contribution is -2.41. The van der Waals surface area contributed by atoms with Gasteiger partial charge in [-0.15, -0.1) is 0 Å². The van der Waals surface area contributed by atoms with Crippen LogP contribution in [0, 0.1) is 0 Å². The monoisotopic (exact) mass is 305 g/mol. The fourth-order valence-electron chi connectivity index (χ4n) is 2.68. The van der Waals surface area contributed by atoms with Gasteiger partial charge in [0, 0.05) is 0 Å². The molecule has 5 heteroatoms. The maximum Gasteiger partial charge on any atom is 0.411 e. The van der Waals surface area contributed by atoms with Crippen LogP contribution in [0.5, 0.6) is 0 Å². The Kier molecular flexibility index (Phi) is 4.74. The molecule has 1 amide bonds. The minimum atomic E-state index is -0.608. The van der Waals surface area contributed by atoms with Crippen molar-refractivity contribution in [2.45, 2.75) is 45.3 Å². The van der Waals surface area contributed by atoms with Gasteiger partial charge in [-0.1, -0.05) is 24.3 Å². The normalized spacial score (nSPS) is 16.8. The number of rotatable bonds is 3. The molecule has 0 bridgehead atoms. The quantitative estimate of drug-likeness (QED) is 0.805. The molecule has 120 valence electrons. The van der Waals surface area contributed by atoms with Gasteiger partial charge in [0.05, 0.1) is 13.2 Å². The number of amides is 1. The first-order chi connectivity index (χ1) is 10.3. The molecule has 2 rings (SSSR count). The fourth-order valence-corrected chi connectivity index (χ4v) is 2.68. The second kappa shape index (κ2) is 6.38. The number of fused-ring (bicyclic) bond motifs is 1. The molecule has 22 heavy (non-hydrogen) atoms. The van der Waals surface area contributed by atoms with Gasteiger partial charge in [-0.2, -0.15) is 0 Å². The smallest absolute Gasteiger partial charge is 0.411 e. The van der Waals surface area contributed by atoms with Gasteiger partial charge in [0.1, 0.15) is 12.1 Å². The molecule has 0 fully saturated rings. The van der Waals surface area contributed by atoms with Crippen LogP contribution in [-0.4, -0.2) is 36.2 Å². The minimum absolute atomic E-state index is 0.107. The number of carbonyl (C=O) groups excluding carboxylic acids is 2. The molecule has 0 saturated carbocycles. The van der Waals surface area contributed by atoms with Crippen LogP contribution in [0.1, 0.15) is 44.4 Å². The van der Waals surface area contributed by atoms with Gasteiger partial charge in [0.2, 0.25) is 0 Å². The van der Waals surface area contributed by atoms with Gasteiger partial charge in [-0.3, -0.25) is 9.69 Å². The molecule has 0 spiro atoms. The highest BCUT2D eigenvalue weighted by molar-refractivity contribution is 5.78. The van der Waals surface area contributed by atoms with Gasteiger partial charge < -0.3 is 9.47 Å². The van der Waals surface area contributed by atoms with Crippen molar-refractivity contribution in [3.63, 3.8) is 0 Å². The first kappa shape index (κ1) is 16.3. The summed E-state index contributed by atoms with van der Waals surface area (Å²) in [7, 11) is 1.32. The van der Waals surface area contributed by atoms with E-state index in [0.29, 0.717) is 0 Å². The van der Waals surface area contributed by atoms with E-state index in [-0.39, 0.29) is 12.6 Å². The third kappa shape index (κ3) is 3.78. The lowest BCUT2D eigenvalue weighted by Gasteiger charge is -2.31. The number of hydrogen-bond acceptors (Lipinski definition) is 4. The highest BCUT2D eigenvalue weighted by atomic mass is 16.6. The molecule has 0 aliphatic heterocycles. The van der Waals surface area contributed by atoms with Crippen LogP contribution in [0.15, 0.2) is 24.3 Å². The van der Waals surface area contributed by atoms with Gasteiger partial charge >= 0.3 is 12.1 Å². The van der Waals surface area contributed by atoms with Crippen LogP contribution >= 0.6 is 0 Å². The molecule has 1 atom stereocenters. The summed E-state index contributed by atoms with van der Waals surface area (Å²) >= 11 is 0. The van der Waals surface area contributed by atoms with E-state index in [0.717, 1.165) is 18.4 Å². The van der Waals surface area contributed by atoms with Crippen LogP contribution in [-0.2, 0) is 20.7 Å². The number of nitrogens with zero attached hydrogens (tertiary/aromatic N) is 1. The lowest BCUT2D eigenvalue weighted by molar-refractivity contribution is -0.142. The molecular formula is C17H23NO4. The molecule has 0 N–H and O–H groups in total. The van der Waals surface area contributed by atoms with Crippen molar-refractivity contribution in [3.05, 3.63) is 35.4 Å². The summed E-state index contributed by atoms with van der Waals surface area (Å²) in [4.78, 5) is 25.7. The third-order valence-corrected chi connectivity index (χ3v) is 3.63. The Hall–Kier alpha value is -2.04. The Morgan fingerprint density at radius 3 is 2.59 bits per heavy atom. The van der Waals surface area contributed by atoms with Gasteiger partial charge in [0.25, 0.3) is 0 Å². The first-order valence-corrected chi connectivity index (χ1v) is 7.46. The SMILES string of the molecule is COC(=O)CN(C(=O)OC(C)(C)C)C1CCc2ccccc21. The summed E-state index contributed by atoms with van der Waals surface area (Å²) in [6.07, 6.45) is 1.19. The van der Waals surface area contributed by atoms with E-state index in [9.17, 15) is 9.59 Å². The number of hydrogen-bond donors (Lipinski definition) is 0. The maximum atomic E-state index is 12.5. The minimum Gasteiger partial charge on any atom is -0.468 e. The average molecular weight is 305 g/mol. The molecule has 1 aliphatic rings. The number of esters is 1. The van der Waals surface area contributed by atoms with E-state index in [1.54, 1.807) is 0 Å². The number of benzene rings is 1. The van der Waals surface area contributed by atoms with E-state index in [4.69, 9.17) is 9.47 Å². The Morgan fingerprint density at radius 1 is 1.27 bits per heavy atom. The number of aryl methyl sites for hydroxylation is 1. The van der Waals surface area contributed by atoms with E-state index in [1.165, 1.54) is 17.6 Å². The van der Waals surface area contributed by atoms with Crippen LogP contribution in [0.2, 0.25) is 0 Å². The molecule has 1 aromatic rings. The van der Waals surface area contributed by atoms with Crippen LogP contribution in [0.4, 0.5) is 4.79 Å². The number of carbonyl (C=O) groups is 2. The molecule has 5 nitrogen and oxygen atoms in total. The Morgan fingerprint density at radius 2 is 1.95 bits per heavy atom. The molecule has 0 saturated heterocycles. The largest absolute Gasteiger partial charge is 0.468 e. The zero-order chi connectivity index (χ0) is 16.3. The van der Waals surface area contributed by atoms with Gasteiger partial charge in [-0.05, 0) is 44.7 Å². The maximum absolute atomic E-state index is 12.5. The Labute approximate surface area is 131 Å². The zero-order valence-electron chi connectivity index (χ0n) is 13.6. The molecule has 1 aromatic carbocycles. The standard InChI is InChI=1S/C17H23NO4/c1-17(2,3)22-16(20)18(11-15(19)21-4)14-10-9-12-7-5-6-8-13(12)14/h5-8,14H,9-11H2,1-4H3. The van der Waals surface area contributed by atoms with Crippen molar-refractivity contribution < 1.29 is 19.1 Å². The molecule has 1 unspecified atom stereocenters. The van der Waals surface area contributed by atoms with E-state index in [2.05, 4.69) is 6.07 Å². The topological polar surface area (TPSA) is 55.8 Å². The molecule has 1 aliphatic carbocycles. The third-order valence-electron chi connectivity index (χ3n) is 3.63. The van der Waals surface area contributed by atoms with Crippen LogP contribution < -0.4 is 0 Å². The predicted octanol–water partition coefficient (Wildman–Crippen LogP) is 3.08. The van der Waals surface area contributed by atoms with Gasteiger partial charge in [0.15, 0.2) is 0 Å². The highest BCUT2D eigenvalue weighted by Gasteiger charge is 2.34.